The first-order valence-electron chi connectivity index (χ1n) is 9.62. The Morgan fingerprint density at radius 2 is 1.61 bits per heavy atom. The molecule has 31 heavy (non-hydrogen) atoms. The minimum Gasteiger partial charge on any atom is -0.323 e. The van der Waals surface area contributed by atoms with Crippen LogP contribution in [0.2, 0.25) is 0 Å². The number of hydrogen-bond acceptors (Lipinski definition) is 5. The zero-order chi connectivity index (χ0) is 21.3. The van der Waals surface area contributed by atoms with Gasteiger partial charge in [0, 0.05) is 10.4 Å². The zero-order valence-corrected chi connectivity index (χ0v) is 17.9. The van der Waals surface area contributed by atoms with Crippen molar-refractivity contribution in [3.8, 4) is 0 Å². The Labute approximate surface area is 187 Å². The number of hydrazone groups is 1. The number of carbonyl (C=O) groups is 2. The highest BCUT2D eigenvalue weighted by molar-refractivity contribution is 7.13. The topological polar surface area (TPSA) is 70.6 Å². The summed E-state index contributed by atoms with van der Waals surface area (Å²) in [5.74, 6) is -0.518. The first-order valence-corrected chi connectivity index (χ1v) is 11.4. The Morgan fingerprint density at radius 3 is 2.23 bits per heavy atom. The molecule has 5 rings (SSSR count). The maximum absolute atomic E-state index is 13.5. The highest BCUT2D eigenvalue weighted by atomic mass is 32.1. The summed E-state index contributed by atoms with van der Waals surface area (Å²) in [4.78, 5) is 27.7. The molecular weight excluding hydrogens is 426 g/mol. The second kappa shape index (κ2) is 7.94. The molecule has 0 saturated carbocycles. The van der Waals surface area contributed by atoms with Crippen LogP contribution in [0.15, 0.2) is 88.7 Å². The van der Waals surface area contributed by atoms with Crippen LogP contribution >= 0.6 is 22.7 Å². The van der Waals surface area contributed by atoms with E-state index in [9.17, 15) is 9.59 Å². The molecule has 1 aliphatic heterocycles. The molecule has 5 nitrogen and oxygen atoms in total. The standard InChI is InChI=1S/C24H17N3O2S2/c28-22(27-25-14-18-12-7-13-30-18)21-20-19(15-31-21)24(23(29)26-20,16-8-3-1-4-9-16)17-10-5-2-6-11-17/h1-15H,(H,26,29)(H,27,28)/b25-14+. The molecular formula is C24H17N3O2S2. The van der Waals surface area contributed by atoms with E-state index < -0.39 is 5.41 Å². The van der Waals surface area contributed by atoms with Crippen molar-refractivity contribution in [2.24, 2.45) is 5.10 Å². The fourth-order valence-electron chi connectivity index (χ4n) is 3.94. The number of rotatable bonds is 5. The average molecular weight is 444 g/mol. The van der Waals surface area contributed by atoms with Crippen LogP contribution in [0.1, 0.15) is 31.2 Å². The summed E-state index contributed by atoms with van der Waals surface area (Å²) in [7, 11) is 0. The largest absolute Gasteiger partial charge is 0.323 e. The van der Waals surface area contributed by atoms with Crippen LogP contribution in [0, 0.1) is 0 Å². The van der Waals surface area contributed by atoms with E-state index in [2.05, 4.69) is 15.8 Å². The molecule has 3 heterocycles. The molecule has 0 radical (unpaired) electrons. The summed E-state index contributed by atoms with van der Waals surface area (Å²) in [6.07, 6.45) is 1.60. The maximum atomic E-state index is 13.5. The van der Waals surface area contributed by atoms with E-state index in [0.29, 0.717) is 10.6 Å². The number of nitrogens with zero attached hydrogens (tertiary/aromatic N) is 1. The molecule has 0 fully saturated rings. The average Bonchev–Trinajstić information content (AvgIpc) is 3.52. The monoisotopic (exact) mass is 443 g/mol. The predicted octanol–water partition coefficient (Wildman–Crippen LogP) is 4.86. The summed E-state index contributed by atoms with van der Waals surface area (Å²) in [6, 6.07) is 23.2. The van der Waals surface area contributed by atoms with Gasteiger partial charge in [-0.2, -0.15) is 5.10 Å². The van der Waals surface area contributed by atoms with Crippen LogP contribution in [-0.2, 0) is 10.2 Å². The van der Waals surface area contributed by atoms with E-state index in [1.54, 1.807) is 6.21 Å². The van der Waals surface area contributed by atoms with Gasteiger partial charge in [0.1, 0.15) is 10.3 Å². The lowest BCUT2D eigenvalue weighted by atomic mass is 9.71. The molecule has 0 unspecified atom stereocenters. The lowest BCUT2D eigenvalue weighted by Crippen LogP contribution is -2.36. The second-order valence-corrected chi connectivity index (χ2v) is 8.86. The van der Waals surface area contributed by atoms with E-state index in [-0.39, 0.29) is 11.8 Å². The van der Waals surface area contributed by atoms with E-state index in [0.717, 1.165) is 21.6 Å². The third-order valence-electron chi connectivity index (χ3n) is 5.30. The molecule has 2 N–H and O–H groups in total. The minimum absolute atomic E-state index is 0.168. The zero-order valence-electron chi connectivity index (χ0n) is 16.2. The number of nitrogens with one attached hydrogen (secondary N) is 2. The molecule has 0 spiro atoms. The summed E-state index contributed by atoms with van der Waals surface area (Å²) < 4.78 is 0. The Morgan fingerprint density at radius 1 is 0.935 bits per heavy atom. The molecule has 0 saturated heterocycles. The summed E-state index contributed by atoms with van der Waals surface area (Å²) in [6.45, 7) is 0. The lowest BCUT2D eigenvalue weighted by molar-refractivity contribution is -0.118. The van der Waals surface area contributed by atoms with Gasteiger partial charge in [-0.3, -0.25) is 9.59 Å². The Balaban J connectivity index is 1.57. The summed E-state index contributed by atoms with van der Waals surface area (Å²) in [5.41, 5.74) is 4.61. The van der Waals surface area contributed by atoms with E-state index in [1.165, 1.54) is 22.7 Å². The first kappa shape index (κ1) is 19.4. The Kier molecular flexibility index (Phi) is 4.97. The number of benzene rings is 2. The predicted molar refractivity (Wildman–Crippen MR) is 125 cm³/mol. The Bertz CT molecular complexity index is 1220. The van der Waals surface area contributed by atoms with E-state index in [4.69, 9.17) is 0 Å². The van der Waals surface area contributed by atoms with Gasteiger partial charge in [-0.05, 0) is 28.0 Å². The number of amides is 2. The molecule has 4 aromatic rings. The van der Waals surface area contributed by atoms with Gasteiger partial charge in [0.2, 0.25) is 5.91 Å². The van der Waals surface area contributed by atoms with Gasteiger partial charge in [-0.1, -0.05) is 66.7 Å². The second-order valence-electron chi connectivity index (χ2n) is 7.00. The van der Waals surface area contributed by atoms with Gasteiger partial charge in [0.15, 0.2) is 0 Å². The third kappa shape index (κ3) is 3.19. The normalized spacial score (nSPS) is 14.4. The summed E-state index contributed by atoms with van der Waals surface area (Å²) in [5, 5.41) is 10.9. The number of anilines is 1. The molecule has 0 aliphatic carbocycles. The fraction of sp³-hybridized carbons (Fsp3) is 0.0417. The van der Waals surface area contributed by atoms with Crippen molar-refractivity contribution in [1.82, 2.24) is 5.43 Å². The van der Waals surface area contributed by atoms with Crippen LogP contribution in [0.5, 0.6) is 0 Å². The molecule has 7 heteroatoms. The molecule has 152 valence electrons. The van der Waals surface area contributed by atoms with Gasteiger partial charge in [-0.15, -0.1) is 22.7 Å². The SMILES string of the molecule is O=C(N/N=C/c1cccs1)c1scc2c1NC(=O)C2(c1ccccc1)c1ccccc1. The number of hydrogen-bond donors (Lipinski definition) is 2. The number of fused-ring (bicyclic) bond motifs is 1. The van der Waals surface area contributed by atoms with Gasteiger partial charge in [-0.25, -0.2) is 5.43 Å². The Hall–Kier alpha value is -3.55. The van der Waals surface area contributed by atoms with Crippen molar-refractivity contribution in [3.63, 3.8) is 0 Å². The first-order chi connectivity index (χ1) is 15.2. The van der Waals surface area contributed by atoms with Crippen molar-refractivity contribution >= 4 is 46.4 Å². The van der Waals surface area contributed by atoms with Crippen LogP contribution in [0.3, 0.4) is 0 Å². The van der Waals surface area contributed by atoms with Gasteiger partial charge in [0.25, 0.3) is 5.91 Å². The van der Waals surface area contributed by atoms with Crippen LogP contribution in [0.25, 0.3) is 0 Å². The highest BCUT2D eigenvalue weighted by Crippen LogP contribution is 2.50. The fourth-order valence-corrected chi connectivity index (χ4v) is 5.49. The third-order valence-corrected chi connectivity index (χ3v) is 7.08. The molecule has 1 aliphatic rings. The van der Waals surface area contributed by atoms with Gasteiger partial charge in [0.05, 0.1) is 11.9 Å². The summed E-state index contributed by atoms with van der Waals surface area (Å²) >= 11 is 2.84. The van der Waals surface area contributed by atoms with E-state index in [1.807, 2.05) is 83.6 Å². The van der Waals surface area contributed by atoms with Gasteiger partial charge >= 0.3 is 0 Å². The maximum Gasteiger partial charge on any atom is 0.283 e. The van der Waals surface area contributed by atoms with Crippen LogP contribution in [0.4, 0.5) is 5.69 Å². The van der Waals surface area contributed by atoms with Crippen molar-refractivity contribution < 1.29 is 9.59 Å². The van der Waals surface area contributed by atoms with Crippen LogP contribution < -0.4 is 10.7 Å². The number of carbonyl (C=O) groups excluding carboxylic acids is 2. The smallest absolute Gasteiger partial charge is 0.283 e. The van der Waals surface area contributed by atoms with Crippen molar-refractivity contribution in [1.29, 1.82) is 0 Å². The van der Waals surface area contributed by atoms with E-state index >= 15 is 0 Å². The quantitative estimate of drug-likeness (QED) is 0.342. The lowest BCUT2D eigenvalue weighted by Gasteiger charge is -2.28. The molecule has 0 bridgehead atoms. The van der Waals surface area contributed by atoms with Crippen molar-refractivity contribution in [2.75, 3.05) is 5.32 Å². The van der Waals surface area contributed by atoms with Crippen molar-refractivity contribution in [3.05, 3.63) is 110 Å². The molecule has 2 amide bonds. The molecule has 2 aromatic heterocycles. The van der Waals surface area contributed by atoms with Crippen LogP contribution in [-0.4, -0.2) is 18.0 Å². The molecule has 2 aromatic carbocycles. The molecule has 0 atom stereocenters. The minimum atomic E-state index is -1.01. The number of thiophene rings is 2. The van der Waals surface area contributed by atoms with Gasteiger partial charge < -0.3 is 5.32 Å². The highest BCUT2D eigenvalue weighted by Gasteiger charge is 2.51. The van der Waals surface area contributed by atoms with Crippen molar-refractivity contribution in [2.45, 2.75) is 5.41 Å².